The lowest BCUT2D eigenvalue weighted by atomic mass is 10.0. The van der Waals surface area contributed by atoms with Crippen molar-refractivity contribution in [2.45, 2.75) is 32.5 Å². The van der Waals surface area contributed by atoms with Crippen LogP contribution in [-0.2, 0) is 24.6 Å². The van der Waals surface area contributed by atoms with Crippen molar-refractivity contribution < 1.29 is 24.1 Å². The molecule has 9 heteroatoms. The lowest BCUT2D eigenvalue weighted by Gasteiger charge is -2.21. The summed E-state index contributed by atoms with van der Waals surface area (Å²) in [5.74, 6) is -0.217. The first-order valence-electron chi connectivity index (χ1n) is 8.88. The van der Waals surface area contributed by atoms with Crippen molar-refractivity contribution in [3.63, 3.8) is 0 Å². The summed E-state index contributed by atoms with van der Waals surface area (Å²) in [6.45, 7) is 5.32. The fraction of sp³-hybridized carbons (Fsp3) is 0.450. The van der Waals surface area contributed by atoms with Gasteiger partial charge in [0, 0.05) is 23.8 Å². The van der Waals surface area contributed by atoms with Gasteiger partial charge in [0.05, 0.1) is 32.1 Å². The van der Waals surface area contributed by atoms with E-state index in [1.54, 1.807) is 21.0 Å². The number of aromatic nitrogens is 2. The van der Waals surface area contributed by atoms with Crippen LogP contribution < -0.4 is 0 Å². The Bertz CT molecular complexity index is 880. The zero-order chi connectivity index (χ0) is 21.6. The summed E-state index contributed by atoms with van der Waals surface area (Å²) in [6.07, 6.45) is 4.72. The van der Waals surface area contributed by atoms with Crippen LogP contribution in [0.1, 0.15) is 31.5 Å². The molecule has 7 nitrogen and oxygen atoms in total. The molecule has 2 aromatic heterocycles. The fourth-order valence-electron chi connectivity index (χ4n) is 2.49. The van der Waals surface area contributed by atoms with Crippen molar-refractivity contribution in [3.8, 4) is 10.7 Å². The van der Waals surface area contributed by atoms with E-state index >= 15 is 0 Å². The van der Waals surface area contributed by atoms with Crippen molar-refractivity contribution in [2.75, 3.05) is 21.3 Å². The van der Waals surface area contributed by atoms with E-state index in [1.165, 1.54) is 43.0 Å². The lowest BCUT2D eigenvalue weighted by molar-refractivity contribution is -0.135. The number of ether oxygens (including phenoxy) is 3. The number of carbonyl (C=O) groups excluding carboxylic acids is 1. The van der Waals surface area contributed by atoms with Crippen LogP contribution >= 0.6 is 22.7 Å². The third-order valence-corrected chi connectivity index (χ3v) is 6.17. The molecule has 2 rings (SSSR count). The Morgan fingerprint density at radius 1 is 1.17 bits per heavy atom. The van der Waals surface area contributed by atoms with Crippen LogP contribution in [0.5, 0.6) is 0 Å². The average molecular weight is 439 g/mol. The summed E-state index contributed by atoms with van der Waals surface area (Å²) in [6, 6.07) is 0. The van der Waals surface area contributed by atoms with Crippen LogP contribution in [0, 0.1) is 5.92 Å². The number of nitrogens with zero attached hydrogens (tertiary/aromatic N) is 2. The predicted molar refractivity (Wildman–Crippen MR) is 115 cm³/mol. The molecule has 0 spiro atoms. The van der Waals surface area contributed by atoms with E-state index < -0.39 is 11.6 Å². The predicted octanol–water partition coefficient (Wildman–Crippen LogP) is 3.86. The maximum Gasteiger partial charge on any atom is 0.333 e. The molecule has 0 fully saturated rings. The molecule has 0 saturated carbocycles. The molecule has 0 amide bonds. The number of thiazole rings is 2. The lowest BCUT2D eigenvalue weighted by Crippen LogP contribution is -2.21. The summed E-state index contributed by atoms with van der Waals surface area (Å²) in [5, 5.41) is 15.3. The molecule has 0 bridgehead atoms. The maximum absolute atomic E-state index is 11.5. The number of carbonyl (C=O) groups is 1. The van der Waals surface area contributed by atoms with E-state index in [0.717, 1.165) is 16.4 Å². The standard InChI is InChI=1S/C20H26N2O5S2/c1-12(16(26-5)9-17(23)27-6)15(25-4)8-7-13-10-28-18(21-13)14-11-29-19(22-14)20(2,3)24/h7-12,15,24H,1-6H3/t12-,15+/m1/s1. The van der Waals surface area contributed by atoms with E-state index in [-0.39, 0.29) is 12.0 Å². The van der Waals surface area contributed by atoms with Crippen LogP contribution in [0.2, 0.25) is 0 Å². The monoisotopic (exact) mass is 438 g/mol. The van der Waals surface area contributed by atoms with Gasteiger partial charge in [0.15, 0.2) is 0 Å². The van der Waals surface area contributed by atoms with Gasteiger partial charge in [-0.2, -0.15) is 0 Å². The molecule has 2 heterocycles. The minimum absolute atomic E-state index is 0.202. The van der Waals surface area contributed by atoms with Crippen LogP contribution in [0.15, 0.2) is 28.7 Å². The molecule has 2 aromatic rings. The molecule has 0 aliphatic carbocycles. The Labute approximate surface area is 178 Å². The second kappa shape index (κ2) is 10.1. The van der Waals surface area contributed by atoms with Crippen molar-refractivity contribution in [1.82, 2.24) is 9.97 Å². The van der Waals surface area contributed by atoms with Crippen LogP contribution in [0.4, 0.5) is 0 Å². The van der Waals surface area contributed by atoms with E-state index in [2.05, 4.69) is 14.7 Å². The zero-order valence-corrected chi connectivity index (χ0v) is 19.0. The first kappa shape index (κ1) is 23.2. The zero-order valence-electron chi connectivity index (χ0n) is 17.3. The smallest absolute Gasteiger partial charge is 0.333 e. The van der Waals surface area contributed by atoms with Gasteiger partial charge in [-0.15, -0.1) is 22.7 Å². The van der Waals surface area contributed by atoms with Gasteiger partial charge < -0.3 is 19.3 Å². The molecule has 2 atom stereocenters. The van der Waals surface area contributed by atoms with Crippen LogP contribution in [0.25, 0.3) is 16.8 Å². The Morgan fingerprint density at radius 2 is 1.90 bits per heavy atom. The van der Waals surface area contributed by atoms with Gasteiger partial charge in [-0.25, -0.2) is 14.8 Å². The molecule has 0 saturated heterocycles. The summed E-state index contributed by atoms with van der Waals surface area (Å²) >= 11 is 2.89. The number of hydrogen-bond acceptors (Lipinski definition) is 9. The van der Waals surface area contributed by atoms with Gasteiger partial charge >= 0.3 is 5.97 Å². The normalized spacial score (nSPS) is 14.8. The highest BCUT2D eigenvalue weighted by Crippen LogP contribution is 2.30. The fourth-order valence-corrected chi connectivity index (χ4v) is 4.14. The number of esters is 1. The van der Waals surface area contributed by atoms with Crippen LogP contribution in [-0.4, -0.2) is 48.5 Å². The van der Waals surface area contributed by atoms with Gasteiger partial charge in [-0.3, -0.25) is 0 Å². The van der Waals surface area contributed by atoms with Crippen molar-refractivity contribution in [1.29, 1.82) is 0 Å². The van der Waals surface area contributed by atoms with Crippen LogP contribution in [0.3, 0.4) is 0 Å². The second-order valence-electron chi connectivity index (χ2n) is 6.80. The van der Waals surface area contributed by atoms with Gasteiger partial charge in [0.25, 0.3) is 0 Å². The first-order valence-corrected chi connectivity index (χ1v) is 10.6. The molecule has 29 heavy (non-hydrogen) atoms. The topological polar surface area (TPSA) is 90.8 Å². The van der Waals surface area contributed by atoms with Gasteiger partial charge in [-0.1, -0.05) is 13.0 Å². The minimum atomic E-state index is -0.971. The summed E-state index contributed by atoms with van der Waals surface area (Å²) in [5.41, 5.74) is 0.547. The van der Waals surface area contributed by atoms with Crippen molar-refractivity contribution in [2.24, 2.45) is 5.92 Å². The summed E-state index contributed by atoms with van der Waals surface area (Å²) in [7, 11) is 4.41. The van der Waals surface area contributed by atoms with Crippen molar-refractivity contribution >= 4 is 34.7 Å². The molecule has 0 radical (unpaired) electrons. The number of rotatable bonds is 9. The maximum atomic E-state index is 11.5. The minimum Gasteiger partial charge on any atom is -0.500 e. The molecular weight excluding hydrogens is 412 g/mol. The van der Waals surface area contributed by atoms with E-state index in [1.807, 2.05) is 29.8 Å². The number of aliphatic hydroxyl groups is 1. The van der Waals surface area contributed by atoms with E-state index in [0.29, 0.717) is 10.8 Å². The quantitative estimate of drug-likeness (QED) is 0.361. The van der Waals surface area contributed by atoms with Crippen molar-refractivity contribution in [3.05, 3.63) is 39.4 Å². The van der Waals surface area contributed by atoms with Gasteiger partial charge in [-0.05, 0) is 19.9 Å². The number of hydrogen-bond donors (Lipinski definition) is 1. The third kappa shape index (κ3) is 6.20. The van der Waals surface area contributed by atoms with Gasteiger partial charge in [0.1, 0.15) is 27.1 Å². The molecule has 1 N–H and O–H groups in total. The second-order valence-corrected chi connectivity index (χ2v) is 8.51. The average Bonchev–Trinajstić information content (AvgIpc) is 3.35. The molecule has 0 aliphatic heterocycles. The molecule has 0 aromatic carbocycles. The SMILES string of the molecule is COC(=O)C=C(OC)[C@H](C)[C@H](C=Cc1csc(-c2csc(C(C)(C)O)n2)n1)OC. The Balaban J connectivity index is 2.15. The van der Waals surface area contributed by atoms with E-state index in [4.69, 9.17) is 9.47 Å². The summed E-state index contributed by atoms with van der Waals surface area (Å²) in [4.78, 5) is 20.6. The Morgan fingerprint density at radius 3 is 2.45 bits per heavy atom. The Hall–Kier alpha value is -2.07. The summed E-state index contributed by atoms with van der Waals surface area (Å²) < 4.78 is 15.5. The van der Waals surface area contributed by atoms with E-state index in [9.17, 15) is 9.90 Å². The highest BCUT2D eigenvalue weighted by atomic mass is 32.1. The molecule has 0 aliphatic rings. The van der Waals surface area contributed by atoms with Gasteiger partial charge in [0.2, 0.25) is 0 Å². The largest absolute Gasteiger partial charge is 0.500 e. The molecule has 158 valence electrons. The third-order valence-electron chi connectivity index (χ3n) is 4.14. The molecular formula is C20H26N2O5S2. The highest BCUT2D eigenvalue weighted by Gasteiger charge is 2.22. The molecule has 0 unspecified atom stereocenters. The first-order chi connectivity index (χ1) is 13.7. The number of methoxy groups -OCH3 is 3. The Kier molecular flexibility index (Phi) is 8.09. The highest BCUT2D eigenvalue weighted by molar-refractivity contribution is 7.14.